The van der Waals surface area contributed by atoms with Crippen molar-refractivity contribution in [3.8, 4) is 0 Å². The zero-order chi connectivity index (χ0) is 18.0. The predicted octanol–water partition coefficient (Wildman–Crippen LogP) is 1.15. The molecule has 1 aliphatic heterocycles. The maximum atomic E-state index is 12.6. The number of likely N-dealkylation sites (tertiary alicyclic amines) is 1. The van der Waals surface area contributed by atoms with Crippen LogP contribution in [0.15, 0.2) is 29.0 Å². The van der Waals surface area contributed by atoms with Crippen LogP contribution < -0.4 is 10.6 Å². The fraction of sp³-hybridized carbons (Fsp3) is 0.471. The van der Waals surface area contributed by atoms with Crippen molar-refractivity contribution in [3.05, 3.63) is 35.9 Å². The topological polar surface area (TPSA) is 92.4 Å². The Morgan fingerprint density at radius 2 is 2.00 bits per heavy atom. The Bertz CT molecular complexity index is 771. The molecule has 2 aromatic rings. The molecule has 0 atom stereocenters. The van der Waals surface area contributed by atoms with E-state index in [-0.39, 0.29) is 11.8 Å². The molecule has 3 rings (SSSR count). The van der Waals surface area contributed by atoms with E-state index in [9.17, 15) is 9.59 Å². The van der Waals surface area contributed by atoms with Gasteiger partial charge in [0.15, 0.2) is 5.76 Å². The van der Waals surface area contributed by atoms with Gasteiger partial charge in [0.05, 0.1) is 6.26 Å². The van der Waals surface area contributed by atoms with Gasteiger partial charge in [0.2, 0.25) is 5.91 Å². The van der Waals surface area contributed by atoms with Crippen LogP contribution in [0, 0.1) is 6.92 Å². The average Bonchev–Trinajstić information content (AvgIpc) is 3.22. The lowest BCUT2D eigenvalue weighted by Crippen LogP contribution is -2.58. The molecule has 1 saturated heterocycles. The van der Waals surface area contributed by atoms with Gasteiger partial charge < -0.3 is 20.0 Å². The Morgan fingerprint density at radius 3 is 2.52 bits per heavy atom. The summed E-state index contributed by atoms with van der Waals surface area (Å²) in [7, 11) is 3.44. The van der Waals surface area contributed by atoms with Gasteiger partial charge in [-0.1, -0.05) is 0 Å². The molecular formula is C17H23N5O3. The van der Waals surface area contributed by atoms with Crippen molar-refractivity contribution in [2.24, 2.45) is 7.05 Å². The molecule has 2 N–H and O–H groups in total. The number of rotatable bonds is 4. The lowest BCUT2D eigenvalue weighted by Gasteiger charge is -2.40. The summed E-state index contributed by atoms with van der Waals surface area (Å²) in [5, 5.41) is 10.3. The van der Waals surface area contributed by atoms with E-state index < -0.39 is 5.54 Å². The van der Waals surface area contributed by atoms with Gasteiger partial charge in [0.25, 0.3) is 5.91 Å². The van der Waals surface area contributed by atoms with Crippen molar-refractivity contribution in [2.45, 2.75) is 25.3 Å². The summed E-state index contributed by atoms with van der Waals surface area (Å²) < 4.78 is 6.98. The van der Waals surface area contributed by atoms with E-state index in [4.69, 9.17) is 4.42 Å². The van der Waals surface area contributed by atoms with Crippen LogP contribution >= 0.6 is 0 Å². The normalized spacial score (nSPS) is 16.5. The first kappa shape index (κ1) is 17.1. The van der Waals surface area contributed by atoms with Crippen LogP contribution in [0.2, 0.25) is 0 Å². The summed E-state index contributed by atoms with van der Waals surface area (Å²) in [6.45, 7) is 2.77. The first-order valence-electron chi connectivity index (χ1n) is 8.28. The number of hydrogen-bond donors (Lipinski definition) is 2. The van der Waals surface area contributed by atoms with Crippen LogP contribution in [0.1, 0.15) is 29.0 Å². The lowest BCUT2D eigenvalue weighted by molar-refractivity contribution is -0.126. The number of carbonyl (C=O) groups is 2. The highest BCUT2D eigenvalue weighted by molar-refractivity contribution is 5.94. The van der Waals surface area contributed by atoms with Crippen LogP contribution in [0.5, 0.6) is 0 Å². The van der Waals surface area contributed by atoms with Crippen molar-refractivity contribution < 1.29 is 14.0 Å². The van der Waals surface area contributed by atoms with Gasteiger partial charge in [-0.3, -0.25) is 14.3 Å². The second kappa shape index (κ2) is 6.62. The maximum Gasteiger partial charge on any atom is 0.289 e. The molecule has 0 saturated carbocycles. The molecule has 8 heteroatoms. The van der Waals surface area contributed by atoms with Crippen LogP contribution in [-0.2, 0) is 11.8 Å². The highest BCUT2D eigenvalue weighted by Crippen LogP contribution is 2.28. The zero-order valence-electron chi connectivity index (χ0n) is 14.7. The number of carbonyl (C=O) groups excluding carboxylic acids is 2. The van der Waals surface area contributed by atoms with E-state index in [1.807, 2.05) is 26.2 Å². The maximum absolute atomic E-state index is 12.6. The van der Waals surface area contributed by atoms with Crippen LogP contribution in [-0.4, -0.2) is 52.2 Å². The fourth-order valence-electron chi connectivity index (χ4n) is 3.20. The minimum Gasteiger partial charge on any atom is -0.459 e. The van der Waals surface area contributed by atoms with Gasteiger partial charge in [0.1, 0.15) is 11.4 Å². The van der Waals surface area contributed by atoms with Gasteiger partial charge in [-0.15, -0.1) is 0 Å². The Labute approximate surface area is 146 Å². The molecular weight excluding hydrogens is 322 g/mol. The van der Waals surface area contributed by atoms with Gasteiger partial charge in [-0.2, -0.15) is 5.10 Å². The summed E-state index contributed by atoms with van der Waals surface area (Å²) in [5.74, 6) is 0.781. The van der Waals surface area contributed by atoms with E-state index >= 15 is 0 Å². The monoisotopic (exact) mass is 345 g/mol. The van der Waals surface area contributed by atoms with Crippen LogP contribution in [0.3, 0.4) is 0 Å². The van der Waals surface area contributed by atoms with Crippen LogP contribution in [0.25, 0.3) is 0 Å². The van der Waals surface area contributed by atoms with E-state index in [0.29, 0.717) is 37.5 Å². The quantitative estimate of drug-likeness (QED) is 0.867. The van der Waals surface area contributed by atoms with Crippen molar-refractivity contribution in [1.29, 1.82) is 0 Å². The molecule has 0 aromatic carbocycles. The lowest BCUT2D eigenvalue weighted by atomic mass is 9.86. The predicted molar refractivity (Wildman–Crippen MR) is 92.2 cm³/mol. The second-order valence-corrected chi connectivity index (χ2v) is 6.39. The van der Waals surface area contributed by atoms with Gasteiger partial charge in [-0.05, 0) is 25.8 Å². The van der Waals surface area contributed by atoms with Gasteiger partial charge in [0, 0.05) is 45.0 Å². The molecule has 1 fully saturated rings. The number of nitrogens with zero attached hydrogens (tertiary/aromatic N) is 3. The highest BCUT2D eigenvalue weighted by atomic mass is 16.3. The first-order chi connectivity index (χ1) is 11.9. The summed E-state index contributed by atoms with van der Waals surface area (Å²) >= 11 is 0. The number of nitrogens with one attached hydrogen (secondary N) is 2. The molecule has 0 unspecified atom stereocenters. The first-order valence-corrected chi connectivity index (χ1v) is 8.28. The van der Waals surface area contributed by atoms with Crippen molar-refractivity contribution in [3.63, 3.8) is 0 Å². The molecule has 134 valence electrons. The molecule has 0 spiro atoms. The summed E-state index contributed by atoms with van der Waals surface area (Å²) in [6, 6.07) is 3.60. The Hall–Kier alpha value is -2.77. The van der Waals surface area contributed by atoms with E-state index in [1.54, 1.807) is 22.7 Å². The highest BCUT2D eigenvalue weighted by Gasteiger charge is 2.42. The number of piperidine rings is 1. The van der Waals surface area contributed by atoms with Gasteiger partial charge >= 0.3 is 0 Å². The molecule has 8 nitrogen and oxygen atoms in total. The number of anilines is 1. The number of likely N-dealkylation sites (N-methyl/N-ethyl adjacent to an activating group) is 1. The second-order valence-electron chi connectivity index (χ2n) is 6.39. The third-order valence-corrected chi connectivity index (χ3v) is 4.70. The van der Waals surface area contributed by atoms with E-state index in [1.165, 1.54) is 6.26 Å². The molecule has 2 amide bonds. The number of hydrogen-bond acceptors (Lipinski definition) is 5. The fourth-order valence-corrected chi connectivity index (χ4v) is 3.20. The zero-order valence-corrected chi connectivity index (χ0v) is 14.7. The third kappa shape index (κ3) is 3.24. The smallest absolute Gasteiger partial charge is 0.289 e. The van der Waals surface area contributed by atoms with E-state index in [2.05, 4.69) is 15.7 Å². The molecule has 0 aliphatic carbocycles. The molecule has 2 aromatic heterocycles. The Morgan fingerprint density at radius 1 is 1.28 bits per heavy atom. The SMILES string of the molecule is CNC(=O)C1(Nc2ccn(C)n2)CCN(C(=O)c2occc2C)CC1. The number of aromatic nitrogens is 2. The molecule has 0 bridgehead atoms. The standard InChI is InChI=1S/C17H23N5O3/c1-12-5-11-25-14(12)15(23)22-9-6-17(7-10-22,16(24)18-2)19-13-4-8-21(3)20-13/h4-5,8,11H,6-7,9-10H2,1-3H3,(H,18,24)(H,19,20). The Kier molecular flexibility index (Phi) is 4.52. The number of aryl methyl sites for hydroxylation is 2. The minimum absolute atomic E-state index is 0.0977. The van der Waals surface area contributed by atoms with Gasteiger partial charge in [-0.25, -0.2) is 0 Å². The van der Waals surface area contributed by atoms with Crippen molar-refractivity contribution in [1.82, 2.24) is 20.0 Å². The largest absolute Gasteiger partial charge is 0.459 e. The molecule has 1 aliphatic rings. The molecule has 25 heavy (non-hydrogen) atoms. The molecule has 3 heterocycles. The molecule has 0 radical (unpaired) electrons. The van der Waals surface area contributed by atoms with E-state index in [0.717, 1.165) is 5.56 Å². The summed E-state index contributed by atoms with van der Waals surface area (Å²) in [4.78, 5) is 26.8. The summed E-state index contributed by atoms with van der Waals surface area (Å²) in [6.07, 6.45) is 4.33. The average molecular weight is 345 g/mol. The van der Waals surface area contributed by atoms with Crippen molar-refractivity contribution >= 4 is 17.6 Å². The number of furan rings is 1. The summed E-state index contributed by atoms with van der Waals surface area (Å²) in [5.41, 5.74) is 0.0395. The third-order valence-electron chi connectivity index (χ3n) is 4.70. The van der Waals surface area contributed by atoms with Crippen LogP contribution in [0.4, 0.5) is 5.82 Å². The minimum atomic E-state index is -0.780. The number of amides is 2. The Balaban J connectivity index is 1.74. The van der Waals surface area contributed by atoms with Crippen molar-refractivity contribution in [2.75, 3.05) is 25.5 Å².